The van der Waals surface area contributed by atoms with Crippen molar-refractivity contribution in [2.24, 2.45) is 5.92 Å². The number of amides is 3. The summed E-state index contributed by atoms with van der Waals surface area (Å²) in [6.45, 7) is 0.981. The van der Waals surface area contributed by atoms with Crippen LogP contribution in [0.25, 0.3) is 0 Å². The van der Waals surface area contributed by atoms with Crippen molar-refractivity contribution in [2.75, 3.05) is 12.4 Å². The summed E-state index contributed by atoms with van der Waals surface area (Å²) in [5, 5.41) is 5.83. The van der Waals surface area contributed by atoms with E-state index in [9.17, 15) is 9.59 Å². The molecule has 2 N–H and O–H groups in total. The lowest BCUT2D eigenvalue weighted by Crippen LogP contribution is -2.36. The first-order valence-electron chi connectivity index (χ1n) is 8.54. The van der Waals surface area contributed by atoms with Crippen LogP contribution in [0.4, 0.5) is 10.5 Å². The van der Waals surface area contributed by atoms with Crippen LogP contribution in [0.1, 0.15) is 24.0 Å². The Balaban J connectivity index is 1.50. The molecule has 0 radical (unpaired) electrons. The van der Waals surface area contributed by atoms with Crippen LogP contribution < -0.4 is 10.6 Å². The fourth-order valence-electron chi connectivity index (χ4n) is 2.59. The molecule has 1 aliphatic rings. The van der Waals surface area contributed by atoms with E-state index in [-0.39, 0.29) is 17.9 Å². The lowest BCUT2D eigenvalue weighted by Gasteiger charge is -2.18. The smallest absolute Gasteiger partial charge is 0.317 e. The molecule has 5 nitrogen and oxygen atoms in total. The van der Waals surface area contributed by atoms with Crippen LogP contribution in [0, 0.1) is 5.92 Å². The average Bonchev–Trinajstić information content (AvgIpc) is 3.46. The number of carbonyl (C=O) groups excluding carboxylic acids is 2. The summed E-state index contributed by atoms with van der Waals surface area (Å²) in [4.78, 5) is 25.7. The molecule has 0 spiro atoms. The number of anilines is 1. The van der Waals surface area contributed by atoms with Gasteiger partial charge in [-0.05, 0) is 36.1 Å². The molecule has 3 amide bonds. The van der Waals surface area contributed by atoms with E-state index in [0.717, 1.165) is 29.7 Å². The van der Waals surface area contributed by atoms with Crippen LogP contribution in [0.2, 0.25) is 0 Å². The Kier molecular flexibility index (Phi) is 5.33. The van der Waals surface area contributed by atoms with Crippen LogP contribution in [-0.2, 0) is 17.9 Å². The molecule has 3 rings (SSSR count). The largest absolute Gasteiger partial charge is 0.334 e. The molecule has 5 heteroatoms. The second kappa shape index (κ2) is 7.83. The molecule has 0 bridgehead atoms. The summed E-state index contributed by atoms with van der Waals surface area (Å²) < 4.78 is 0. The van der Waals surface area contributed by atoms with Gasteiger partial charge in [-0.1, -0.05) is 42.5 Å². The predicted molar refractivity (Wildman–Crippen MR) is 97.9 cm³/mol. The molecule has 0 atom stereocenters. The van der Waals surface area contributed by atoms with Crippen molar-refractivity contribution in [3.8, 4) is 0 Å². The average molecular weight is 337 g/mol. The molecule has 1 saturated carbocycles. The van der Waals surface area contributed by atoms with Gasteiger partial charge in [0.1, 0.15) is 0 Å². The lowest BCUT2D eigenvalue weighted by atomic mass is 10.2. The van der Waals surface area contributed by atoms with Gasteiger partial charge in [-0.25, -0.2) is 4.79 Å². The molecule has 0 aromatic heterocycles. The van der Waals surface area contributed by atoms with Crippen LogP contribution in [0.5, 0.6) is 0 Å². The molecule has 0 unspecified atom stereocenters. The molecular weight excluding hydrogens is 314 g/mol. The highest BCUT2D eigenvalue weighted by Crippen LogP contribution is 2.30. The molecule has 1 fully saturated rings. The van der Waals surface area contributed by atoms with E-state index in [1.807, 2.05) is 54.6 Å². The molecule has 0 aliphatic heterocycles. The van der Waals surface area contributed by atoms with Gasteiger partial charge in [0.15, 0.2) is 0 Å². The van der Waals surface area contributed by atoms with Gasteiger partial charge in [-0.2, -0.15) is 0 Å². The van der Waals surface area contributed by atoms with E-state index >= 15 is 0 Å². The second-order valence-corrected chi connectivity index (χ2v) is 6.46. The monoisotopic (exact) mass is 337 g/mol. The number of benzene rings is 2. The molecule has 0 heterocycles. The molecule has 1 aliphatic carbocycles. The topological polar surface area (TPSA) is 61.4 Å². The van der Waals surface area contributed by atoms with Gasteiger partial charge in [0.05, 0.1) is 0 Å². The Morgan fingerprint density at radius 2 is 1.76 bits per heavy atom. The number of rotatable bonds is 6. The second-order valence-electron chi connectivity index (χ2n) is 6.46. The first-order valence-corrected chi connectivity index (χ1v) is 8.54. The third-order valence-corrected chi connectivity index (χ3v) is 4.20. The molecule has 25 heavy (non-hydrogen) atoms. The van der Waals surface area contributed by atoms with Crippen molar-refractivity contribution in [1.29, 1.82) is 0 Å². The van der Waals surface area contributed by atoms with Gasteiger partial charge in [0, 0.05) is 31.7 Å². The fourth-order valence-corrected chi connectivity index (χ4v) is 2.59. The van der Waals surface area contributed by atoms with Crippen LogP contribution in [0.3, 0.4) is 0 Å². The Morgan fingerprint density at radius 3 is 2.48 bits per heavy atom. The summed E-state index contributed by atoms with van der Waals surface area (Å²) in [6, 6.07) is 17.3. The SMILES string of the molecule is CN(Cc1ccccc1)C(=O)NCc1cccc(NC(=O)C2CC2)c1. The van der Waals surface area contributed by atoms with Gasteiger partial charge in [0.2, 0.25) is 5.91 Å². The van der Waals surface area contributed by atoms with E-state index < -0.39 is 0 Å². The molecular formula is C20H23N3O2. The zero-order chi connectivity index (χ0) is 17.6. The minimum Gasteiger partial charge on any atom is -0.334 e. The standard InChI is InChI=1S/C20H23N3O2/c1-23(14-15-6-3-2-4-7-15)20(25)21-13-16-8-5-9-18(12-16)22-19(24)17-10-11-17/h2-9,12,17H,10-11,13-14H2,1H3,(H,21,25)(H,22,24). The van der Waals surface area contributed by atoms with E-state index in [4.69, 9.17) is 0 Å². The maximum absolute atomic E-state index is 12.2. The zero-order valence-electron chi connectivity index (χ0n) is 14.4. The van der Waals surface area contributed by atoms with Crippen LogP contribution >= 0.6 is 0 Å². The van der Waals surface area contributed by atoms with E-state index in [1.54, 1.807) is 11.9 Å². The summed E-state index contributed by atoms with van der Waals surface area (Å²) >= 11 is 0. The van der Waals surface area contributed by atoms with Gasteiger partial charge >= 0.3 is 6.03 Å². The third-order valence-electron chi connectivity index (χ3n) is 4.20. The molecule has 0 saturated heterocycles. The summed E-state index contributed by atoms with van der Waals surface area (Å²) in [5.74, 6) is 0.263. The lowest BCUT2D eigenvalue weighted by molar-refractivity contribution is -0.117. The number of hydrogen-bond acceptors (Lipinski definition) is 2. The Hall–Kier alpha value is -2.82. The summed E-state index contributed by atoms with van der Waals surface area (Å²) in [7, 11) is 1.77. The van der Waals surface area contributed by atoms with E-state index in [0.29, 0.717) is 13.1 Å². The first-order chi connectivity index (χ1) is 12.1. The van der Waals surface area contributed by atoms with Crippen molar-refractivity contribution in [2.45, 2.75) is 25.9 Å². The summed E-state index contributed by atoms with van der Waals surface area (Å²) in [6.07, 6.45) is 1.96. The van der Waals surface area contributed by atoms with Gasteiger partial charge in [-0.3, -0.25) is 4.79 Å². The van der Waals surface area contributed by atoms with Gasteiger partial charge in [0.25, 0.3) is 0 Å². The zero-order valence-corrected chi connectivity index (χ0v) is 14.4. The van der Waals surface area contributed by atoms with E-state index in [1.165, 1.54) is 0 Å². The maximum Gasteiger partial charge on any atom is 0.317 e. The van der Waals surface area contributed by atoms with Crippen molar-refractivity contribution < 1.29 is 9.59 Å². The van der Waals surface area contributed by atoms with Crippen LogP contribution in [-0.4, -0.2) is 23.9 Å². The number of urea groups is 1. The van der Waals surface area contributed by atoms with Crippen molar-refractivity contribution >= 4 is 17.6 Å². The normalized spacial score (nSPS) is 13.2. The highest BCUT2D eigenvalue weighted by Gasteiger charge is 2.29. The van der Waals surface area contributed by atoms with Gasteiger partial charge in [-0.15, -0.1) is 0 Å². The van der Waals surface area contributed by atoms with Crippen molar-refractivity contribution in [3.63, 3.8) is 0 Å². The maximum atomic E-state index is 12.2. The molecule has 2 aromatic rings. The minimum absolute atomic E-state index is 0.0868. The van der Waals surface area contributed by atoms with Crippen molar-refractivity contribution in [3.05, 3.63) is 65.7 Å². The number of carbonyl (C=O) groups is 2. The van der Waals surface area contributed by atoms with Gasteiger partial charge < -0.3 is 15.5 Å². The van der Waals surface area contributed by atoms with Crippen molar-refractivity contribution in [1.82, 2.24) is 10.2 Å². The first kappa shape index (κ1) is 17.0. The highest BCUT2D eigenvalue weighted by molar-refractivity contribution is 5.94. The summed E-state index contributed by atoms with van der Waals surface area (Å²) in [5.41, 5.74) is 2.82. The number of nitrogens with one attached hydrogen (secondary N) is 2. The third kappa shape index (κ3) is 5.08. The van der Waals surface area contributed by atoms with E-state index in [2.05, 4.69) is 10.6 Å². The van der Waals surface area contributed by atoms with Crippen LogP contribution in [0.15, 0.2) is 54.6 Å². The minimum atomic E-state index is -0.128. The highest BCUT2D eigenvalue weighted by atomic mass is 16.2. The molecule has 130 valence electrons. The Labute approximate surface area is 148 Å². The number of nitrogens with zero attached hydrogens (tertiary/aromatic N) is 1. The molecule has 2 aromatic carbocycles. The predicted octanol–water partition coefficient (Wildman–Crippen LogP) is 3.38. The fraction of sp³-hybridized carbons (Fsp3) is 0.300. The Bertz CT molecular complexity index is 742. The Morgan fingerprint density at radius 1 is 1.04 bits per heavy atom. The quantitative estimate of drug-likeness (QED) is 0.849. The number of hydrogen-bond donors (Lipinski definition) is 2.